The average molecular weight is 406 g/mol. The summed E-state index contributed by atoms with van der Waals surface area (Å²) in [5, 5.41) is 0.541. The summed E-state index contributed by atoms with van der Waals surface area (Å²) in [4.78, 5) is 26.5. The number of piperidine rings is 1. The predicted molar refractivity (Wildman–Crippen MR) is 103 cm³/mol. The van der Waals surface area contributed by atoms with E-state index in [0.717, 1.165) is 0 Å². The van der Waals surface area contributed by atoms with E-state index < -0.39 is 0 Å². The van der Waals surface area contributed by atoms with Gasteiger partial charge in [-0.2, -0.15) is 0 Å². The summed E-state index contributed by atoms with van der Waals surface area (Å²) in [7, 11) is 1.54. The Labute approximate surface area is 168 Å². The van der Waals surface area contributed by atoms with Gasteiger partial charge >= 0.3 is 5.97 Å². The number of rotatable bonds is 5. The van der Waals surface area contributed by atoms with Crippen molar-refractivity contribution in [2.45, 2.75) is 19.4 Å². The lowest BCUT2D eigenvalue weighted by atomic mass is 9.96. The molecule has 5 nitrogen and oxygen atoms in total. The lowest BCUT2D eigenvalue weighted by Gasteiger charge is -2.31. The molecule has 0 N–H and O–H groups in total. The molecule has 28 heavy (non-hydrogen) atoms. The van der Waals surface area contributed by atoms with Crippen LogP contribution in [0, 0.1) is 11.7 Å². The molecule has 1 saturated heterocycles. The van der Waals surface area contributed by atoms with Gasteiger partial charge < -0.3 is 14.4 Å². The Morgan fingerprint density at radius 2 is 1.82 bits per heavy atom. The van der Waals surface area contributed by atoms with Crippen molar-refractivity contribution in [3.63, 3.8) is 0 Å². The van der Waals surface area contributed by atoms with Crippen molar-refractivity contribution >= 4 is 23.5 Å². The molecule has 0 radical (unpaired) electrons. The molecule has 7 heteroatoms. The molecule has 2 aromatic rings. The number of amides is 1. The van der Waals surface area contributed by atoms with Gasteiger partial charge in [0.1, 0.15) is 18.2 Å². The van der Waals surface area contributed by atoms with Gasteiger partial charge in [-0.25, -0.2) is 4.39 Å². The van der Waals surface area contributed by atoms with Gasteiger partial charge in [0.15, 0.2) is 0 Å². The fourth-order valence-corrected chi connectivity index (χ4v) is 3.41. The quantitative estimate of drug-likeness (QED) is 0.703. The zero-order valence-corrected chi connectivity index (χ0v) is 16.2. The van der Waals surface area contributed by atoms with Gasteiger partial charge in [-0.1, -0.05) is 11.6 Å². The molecule has 1 aliphatic heterocycles. The summed E-state index contributed by atoms with van der Waals surface area (Å²) in [5.74, 6) is -0.486. The third kappa shape index (κ3) is 4.81. The smallest absolute Gasteiger partial charge is 0.309 e. The van der Waals surface area contributed by atoms with E-state index in [1.54, 1.807) is 30.2 Å². The number of benzene rings is 2. The first-order valence-corrected chi connectivity index (χ1v) is 9.39. The van der Waals surface area contributed by atoms with E-state index in [1.165, 1.54) is 24.3 Å². The van der Waals surface area contributed by atoms with E-state index in [1.807, 2.05) is 0 Å². The Morgan fingerprint density at radius 1 is 1.14 bits per heavy atom. The first-order valence-electron chi connectivity index (χ1n) is 9.02. The predicted octanol–water partition coefficient (Wildman–Crippen LogP) is 4.08. The summed E-state index contributed by atoms with van der Waals surface area (Å²) in [6.07, 6.45) is 1.05. The van der Waals surface area contributed by atoms with E-state index in [2.05, 4.69) is 0 Å². The molecule has 1 heterocycles. The Kier molecular flexibility index (Phi) is 6.52. The van der Waals surface area contributed by atoms with Gasteiger partial charge in [0, 0.05) is 29.2 Å². The number of ether oxygens (including phenoxy) is 2. The van der Waals surface area contributed by atoms with Crippen molar-refractivity contribution in [2.24, 2.45) is 5.92 Å². The van der Waals surface area contributed by atoms with Gasteiger partial charge in [-0.3, -0.25) is 9.59 Å². The van der Waals surface area contributed by atoms with Crippen LogP contribution in [0.2, 0.25) is 5.02 Å². The van der Waals surface area contributed by atoms with Crippen LogP contribution in [0.3, 0.4) is 0 Å². The van der Waals surface area contributed by atoms with Crippen molar-refractivity contribution in [3.05, 3.63) is 64.4 Å². The standard InChI is InChI=1S/C21H21ClFNO4/c1-27-19-7-4-17(22)12-16(19)13-28-21(26)15-8-10-24(11-9-15)20(25)14-2-5-18(23)6-3-14/h2-7,12,15H,8-11,13H2,1H3. The van der Waals surface area contributed by atoms with Crippen LogP contribution < -0.4 is 4.74 Å². The molecule has 1 amide bonds. The van der Waals surface area contributed by atoms with Crippen LogP contribution in [0.15, 0.2) is 42.5 Å². The topological polar surface area (TPSA) is 55.8 Å². The highest BCUT2D eigenvalue weighted by Gasteiger charge is 2.29. The zero-order chi connectivity index (χ0) is 20.1. The first-order chi connectivity index (χ1) is 13.5. The second-order valence-electron chi connectivity index (χ2n) is 6.64. The lowest BCUT2D eigenvalue weighted by molar-refractivity contribution is -0.151. The fraction of sp³-hybridized carbons (Fsp3) is 0.333. The van der Waals surface area contributed by atoms with E-state index in [4.69, 9.17) is 21.1 Å². The van der Waals surface area contributed by atoms with Crippen molar-refractivity contribution in [1.29, 1.82) is 0 Å². The van der Waals surface area contributed by atoms with Crippen LogP contribution >= 0.6 is 11.6 Å². The molecule has 2 aromatic carbocycles. The normalized spacial score (nSPS) is 14.6. The fourth-order valence-electron chi connectivity index (χ4n) is 3.22. The minimum absolute atomic E-state index is 0.0806. The molecule has 0 aliphatic carbocycles. The minimum Gasteiger partial charge on any atom is -0.496 e. The molecule has 0 saturated carbocycles. The number of hydrogen-bond acceptors (Lipinski definition) is 4. The number of nitrogens with zero attached hydrogens (tertiary/aromatic N) is 1. The van der Waals surface area contributed by atoms with Crippen LogP contribution in [0.25, 0.3) is 0 Å². The molecular formula is C21H21ClFNO4. The molecule has 1 aliphatic rings. The Hall–Kier alpha value is -2.60. The van der Waals surface area contributed by atoms with E-state index in [0.29, 0.717) is 47.8 Å². The van der Waals surface area contributed by atoms with E-state index in [9.17, 15) is 14.0 Å². The molecule has 0 atom stereocenters. The minimum atomic E-state index is -0.380. The molecule has 1 fully saturated rings. The van der Waals surface area contributed by atoms with Crippen LogP contribution in [-0.4, -0.2) is 37.0 Å². The second kappa shape index (κ2) is 9.06. The van der Waals surface area contributed by atoms with Crippen molar-refractivity contribution < 1.29 is 23.5 Å². The third-order valence-corrected chi connectivity index (χ3v) is 5.05. The molecular weight excluding hydrogens is 385 g/mol. The highest BCUT2D eigenvalue weighted by atomic mass is 35.5. The van der Waals surface area contributed by atoms with Crippen LogP contribution in [0.1, 0.15) is 28.8 Å². The SMILES string of the molecule is COc1ccc(Cl)cc1COC(=O)C1CCN(C(=O)c2ccc(F)cc2)CC1. The van der Waals surface area contributed by atoms with Crippen LogP contribution in [0.4, 0.5) is 4.39 Å². The summed E-state index contributed by atoms with van der Waals surface area (Å²) >= 11 is 5.99. The van der Waals surface area contributed by atoms with Crippen molar-refractivity contribution in [1.82, 2.24) is 4.90 Å². The molecule has 0 unspecified atom stereocenters. The summed E-state index contributed by atoms with van der Waals surface area (Å²) in [5.41, 5.74) is 1.14. The van der Waals surface area contributed by atoms with Gasteiger partial charge in [-0.05, 0) is 55.3 Å². The highest BCUT2D eigenvalue weighted by molar-refractivity contribution is 6.30. The lowest BCUT2D eigenvalue weighted by Crippen LogP contribution is -2.40. The van der Waals surface area contributed by atoms with E-state index >= 15 is 0 Å². The number of esters is 1. The molecule has 0 aromatic heterocycles. The van der Waals surface area contributed by atoms with Gasteiger partial charge in [0.25, 0.3) is 5.91 Å². The summed E-state index contributed by atoms with van der Waals surface area (Å²) in [6.45, 7) is 0.990. The first kappa shape index (κ1) is 20.1. The molecule has 0 spiro atoms. The maximum Gasteiger partial charge on any atom is 0.309 e. The van der Waals surface area contributed by atoms with Crippen molar-refractivity contribution in [2.75, 3.05) is 20.2 Å². The molecule has 3 rings (SSSR count). The van der Waals surface area contributed by atoms with Gasteiger partial charge in [-0.15, -0.1) is 0 Å². The number of halogens is 2. The molecule has 148 valence electrons. The maximum atomic E-state index is 13.0. The van der Waals surface area contributed by atoms with E-state index in [-0.39, 0.29) is 30.2 Å². The number of carbonyl (C=O) groups is 2. The number of hydrogen-bond donors (Lipinski definition) is 0. The largest absolute Gasteiger partial charge is 0.496 e. The maximum absolute atomic E-state index is 13.0. The number of likely N-dealkylation sites (tertiary alicyclic amines) is 1. The number of methoxy groups -OCH3 is 1. The third-order valence-electron chi connectivity index (χ3n) is 4.82. The van der Waals surface area contributed by atoms with Crippen molar-refractivity contribution in [3.8, 4) is 5.75 Å². The monoisotopic (exact) mass is 405 g/mol. The second-order valence-corrected chi connectivity index (χ2v) is 7.07. The van der Waals surface area contributed by atoms with Crippen LogP contribution in [-0.2, 0) is 16.1 Å². The Morgan fingerprint density at radius 3 is 2.46 bits per heavy atom. The van der Waals surface area contributed by atoms with Crippen LogP contribution in [0.5, 0.6) is 5.75 Å². The average Bonchev–Trinajstić information content (AvgIpc) is 2.72. The Bertz CT molecular complexity index is 848. The van der Waals surface area contributed by atoms with Gasteiger partial charge in [0.05, 0.1) is 13.0 Å². The number of carbonyl (C=O) groups excluding carboxylic acids is 2. The highest BCUT2D eigenvalue weighted by Crippen LogP contribution is 2.25. The summed E-state index contributed by atoms with van der Waals surface area (Å²) < 4.78 is 23.7. The zero-order valence-electron chi connectivity index (χ0n) is 15.5. The summed E-state index contributed by atoms with van der Waals surface area (Å²) in [6, 6.07) is 10.6. The van der Waals surface area contributed by atoms with Gasteiger partial charge in [0.2, 0.25) is 0 Å². The Balaban J connectivity index is 1.52. The molecule has 0 bridgehead atoms.